The summed E-state index contributed by atoms with van der Waals surface area (Å²) in [7, 11) is 2.18. The molecule has 23 heavy (non-hydrogen) atoms. The molecule has 0 N–H and O–H groups in total. The van der Waals surface area contributed by atoms with Crippen LogP contribution < -0.4 is 4.74 Å². The fourth-order valence-corrected chi connectivity index (χ4v) is 3.80. The molecule has 0 aliphatic carbocycles. The minimum absolute atomic E-state index is 0.0269. The molecule has 2 aliphatic rings. The Morgan fingerprint density at radius 3 is 2.43 bits per heavy atom. The molecule has 2 heterocycles. The Labute approximate surface area is 142 Å². The molecule has 4 atom stereocenters. The van der Waals surface area contributed by atoms with Crippen molar-refractivity contribution in [1.29, 1.82) is 0 Å². The molecule has 1 aromatic carbocycles. The van der Waals surface area contributed by atoms with Crippen molar-refractivity contribution in [2.45, 2.75) is 63.3 Å². The third-order valence-electron chi connectivity index (χ3n) is 5.06. The van der Waals surface area contributed by atoms with E-state index in [9.17, 15) is 4.79 Å². The van der Waals surface area contributed by atoms with Gasteiger partial charge in [-0.1, -0.05) is 18.5 Å². The average molecular weight is 338 g/mol. The van der Waals surface area contributed by atoms with Gasteiger partial charge in [0.2, 0.25) is 0 Å². The van der Waals surface area contributed by atoms with Gasteiger partial charge in [-0.2, -0.15) is 0 Å². The van der Waals surface area contributed by atoms with Crippen LogP contribution in [0.4, 0.5) is 0 Å². The van der Waals surface area contributed by atoms with Crippen molar-refractivity contribution in [3.8, 4) is 5.75 Å². The molecule has 0 radical (unpaired) electrons. The van der Waals surface area contributed by atoms with Crippen molar-refractivity contribution in [2.24, 2.45) is 0 Å². The van der Waals surface area contributed by atoms with E-state index in [4.69, 9.17) is 21.1 Å². The summed E-state index contributed by atoms with van der Waals surface area (Å²) in [6, 6.07) is 8.17. The maximum absolute atomic E-state index is 12.4. The van der Waals surface area contributed by atoms with E-state index < -0.39 is 6.10 Å². The van der Waals surface area contributed by atoms with Gasteiger partial charge in [-0.15, -0.1) is 0 Å². The van der Waals surface area contributed by atoms with Crippen molar-refractivity contribution in [1.82, 2.24) is 4.90 Å². The van der Waals surface area contributed by atoms with Gasteiger partial charge in [0.15, 0.2) is 6.10 Å². The van der Waals surface area contributed by atoms with E-state index in [2.05, 4.69) is 11.9 Å². The third kappa shape index (κ3) is 3.81. The summed E-state index contributed by atoms with van der Waals surface area (Å²) in [6.45, 7) is 1.93. The fraction of sp³-hybridized carbons (Fsp3) is 0.611. The van der Waals surface area contributed by atoms with Gasteiger partial charge in [0.1, 0.15) is 11.9 Å². The quantitative estimate of drug-likeness (QED) is 0.768. The number of fused-ring (bicyclic) bond motifs is 2. The first-order valence-corrected chi connectivity index (χ1v) is 8.79. The highest BCUT2D eigenvalue weighted by molar-refractivity contribution is 6.30. The lowest BCUT2D eigenvalue weighted by Gasteiger charge is -2.36. The molecule has 3 rings (SSSR count). The number of halogens is 1. The van der Waals surface area contributed by atoms with Gasteiger partial charge in [0.05, 0.1) is 0 Å². The van der Waals surface area contributed by atoms with Crippen molar-refractivity contribution < 1.29 is 14.3 Å². The first-order chi connectivity index (χ1) is 11.1. The van der Waals surface area contributed by atoms with Crippen molar-refractivity contribution in [2.75, 3.05) is 7.05 Å². The molecule has 2 fully saturated rings. The smallest absolute Gasteiger partial charge is 0.347 e. The Morgan fingerprint density at radius 1 is 1.26 bits per heavy atom. The zero-order valence-electron chi connectivity index (χ0n) is 13.7. The molecular formula is C18H24ClNO3. The van der Waals surface area contributed by atoms with Crippen LogP contribution in [0.25, 0.3) is 0 Å². The highest BCUT2D eigenvalue weighted by atomic mass is 35.5. The minimum Gasteiger partial charge on any atom is -0.479 e. The maximum atomic E-state index is 12.4. The number of carbonyl (C=O) groups is 1. The van der Waals surface area contributed by atoms with Gasteiger partial charge < -0.3 is 14.4 Å². The third-order valence-corrected chi connectivity index (χ3v) is 5.32. The van der Waals surface area contributed by atoms with Crippen molar-refractivity contribution in [3.63, 3.8) is 0 Å². The lowest BCUT2D eigenvalue weighted by molar-refractivity contribution is -0.161. The minimum atomic E-state index is -0.562. The van der Waals surface area contributed by atoms with Crippen LogP contribution in [0.3, 0.4) is 0 Å². The zero-order chi connectivity index (χ0) is 16.4. The number of carbonyl (C=O) groups excluding carboxylic acids is 1. The van der Waals surface area contributed by atoms with Crippen LogP contribution in [0.5, 0.6) is 5.75 Å². The average Bonchev–Trinajstić information content (AvgIpc) is 2.75. The molecule has 0 spiro atoms. The van der Waals surface area contributed by atoms with E-state index in [-0.39, 0.29) is 12.1 Å². The van der Waals surface area contributed by atoms with Crippen LogP contribution in [0.1, 0.15) is 39.0 Å². The summed E-state index contributed by atoms with van der Waals surface area (Å²) in [4.78, 5) is 14.9. The maximum Gasteiger partial charge on any atom is 0.347 e. The summed E-state index contributed by atoms with van der Waals surface area (Å²) in [6.07, 6.45) is 4.36. The van der Waals surface area contributed by atoms with Gasteiger partial charge in [-0.3, -0.25) is 0 Å². The highest BCUT2D eigenvalue weighted by Crippen LogP contribution is 2.35. The lowest BCUT2D eigenvalue weighted by atomic mass is 10.0. The Bertz CT molecular complexity index is 534. The number of hydrogen-bond donors (Lipinski definition) is 0. The molecule has 126 valence electrons. The molecule has 0 saturated carbocycles. The number of rotatable bonds is 5. The predicted molar refractivity (Wildman–Crippen MR) is 89.8 cm³/mol. The molecule has 2 saturated heterocycles. The molecule has 4 nitrogen and oxygen atoms in total. The van der Waals surface area contributed by atoms with E-state index in [1.807, 2.05) is 6.92 Å². The van der Waals surface area contributed by atoms with Gasteiger partial charge in [0.25, 0.3) is 0 Å². The first-order valence-electron chi connectivity index (χ1n) is 8.41. The summed E-state index contributed by atoms with van der Waals surface area (Å²) >= 11 is 5.87. The van der Waals surface area contributed by atoms with Gasteiger partial charge in [-0.25, -0.2) is 4.79 Å². The van der Waals surface area contributed by atoms with Crippen LogP contribution in [-0.4, -0.2) is 42.2 Å². The molecule has 1 aromatic rings. The number of benzene rings is 1. The Kier molecular flexibility index (Phi) is 5.12. The standard InChI is InChI=1S/C18H24ClNO3/c1-3-17(22-15-8-4-12(19)5-9-15)18(21)23-16-10-13-6-7-14(11-16)20(13)2/h4-5,8-9,13-14,16-17H,3,6-7,10-11H2,1-2H3/t13-,14+,16?,17-/m1/s1. The van der Waals surface area contributed by atoms with Crippen molar-refractivity contribution in [3.05, 3.63) is 29.3 Å². The Morgan fingerprint density at radius 2 is 1.87 bits per heavy atom. The number of esters is 1. The second-order valence-corrected chi connectivity index (χ2v) is 6.99. The van der Waals surface area contributed by atoms with E-state index in [0.717, 1.165) is 12.8 Å². The van der Waals surface area contributed by atoms with E-state index in [1.54, 1.807) is 24.3 Å². The van der Waals surface area contributed by atoms with Crippen LogP contribution in [0, 0.1) is 0 Å². The molecular weight excluding hydrogens is 314 g/mol. The fourth-order valence-electron chi connectivity index (χ4n) is 3.67. The summed E-state index contributed by atoms with van der Waals surface area (Å²) in [5, 5.41) is 0.648. The number of hydrogen-bond acceptors (Lipinski definition) is 4. The SMILES string of the molecule is CC[C@@H](Oc1ccc(Cl)cc1)C(=O)OC1C[C@H]2CC[C@@H](C1)N2C. The lowest BCUT2D eigenvalue weighted by Crippen LogP contribution is -2.44. The van der Waals surface area contributed by atoms with Crippen molar-refractivity contribution >= 4 is 17.6 Å². The molecule has 2 aliphatic heterocycles. The van der Waals surface area contributed by atoms with E-state index in [1.165, 1.54) is 12.8 Å². The van der Waals surface area contributed by atoms with Crippen LogP contribution in [0.2, 0.25) is 5.02 Å². The topological polar surface area (TPSA) is 38.8 Å². The van der Waals surface area contributed by atoms with Crippen LogP contribution in [-0.2, 0) is 9.53 Å². The summed E-state index contributed by atoms with van der Waals surface area (Å²) < 4.78 is 11.5. The Balaban J connectivity index is 1.56. The van der Waals surface area contributed by atoms with Gasteiger partial charge in [0, 0.05) is 17.1 Å². The highest BCUT2D eigenvalue weighted by Gasteiger charge is 2.40. The van der Waals surface area contributed by atoms with Crippen LogP contribution in [0.15, 0.2) is 24.3 Å². The largest absolute Gasteiger partial charge is 0.479 e. The Hall–Kier alpha value is -1.26. The summed E-state index contributed by atoms with van der Waals surface area (Å²) in [5.74, 6) is 0.387. The van der Waals surface area contributed by atoms with Gasteiger partial charge >= 0.3 is 5.97 Å². The number of piperidine rings is 1. The second kappa shape index (κ2) is 7.10. The van der Waals surface area contributed by atoms with E-state index >= 15 is 0 Å². The molecule has 2 bridgehead atoms. The normalized spacial score (nSPS) is 28.4. The molecule has 0 amide bonds. The second-order valence-electron chi connectivity index (χ2n) is 6.55. The van der Waals surface area contributed by atoms with Gasteiger partial charge in [-0.05, 0) is 63.4 Å². The molecule has 5 heteroatoms. The predicted octanol–water partition coefficient (Wildman–Crippen LogP) is 3.67. The zero-order valence-corrected chi connectivity index (χ0v) is 14.5. The first kappa shape index (κ1) is 16.6. The summed E-state index contributed by atoms with van der Waals surface area (Å²) in [5.41, 5.74) is 0. The monoisotopic (exact) mass is 337 g/mol. The van der Waals surface area contributed by atoms with Crippen LogP contribution >= 0.6 is 11.6 Å². The van der Waals surface area contributed by atoms with E-state index in [0.29, 0.717) is 29.3 Å². The molecule has 0 aromatic heterocycles. The number of ether oxygens (including phenoxy) is 2. The number of nitrogens with zero attached hydrogens (tertiary/aromatic N) is 1. The molecule has 1 unspecified atom stereocenters.